The molecule has 0 atom stereocenters. The van der Waals surface area contributed by atoms with E-state index in [0.717, 1.165) is 50.3 Å². The van der Waals surface area contributed by atoms with E-state index in [0.29, 0.717) is 23.9 Å². The van der Waals surface area contributed by atoms with E-state index in [9.17, 15) is 4.79 Å². The van der Waals surface area contributed by atoms with E-state index in [1.54, 1.807) is 11.3 Å². The van der Waals surface area contributed by atoms with Crippen LogP contribution in [0.5, 0.6) is 5.75 Å². The van der Waals surface area contributed by atoms with Gasteiger partial charge in [-0.2, -0.15) is 0 Å². The highest BCUT2D eigenvalue weighted by molar-refractivity contribution is 7.15. The van der Waals surface area contributed by atoms with Crippen molar-refractivity contribution in [2.24, 2.45) is 0 Å². The van der Waals surface area contributed by atoms with Crippen molar-refractivity contribution < 1.29 is 9.53 Å². The van der Waals surface area contributed by atoms with Gasteiger partial charge in [0.15, 0.2) is 5.13 Å². The summed E-state index contributed by atoms with van der Waals surface area (Å²) >= 11 is 1.61. The average molecular weight is 374 g/mol. The normalized spacial score (nSPS) is 15.0. The lowest BCUT2D eigenvalue weighted by Crippen LogP contribution is -2.26. The van der Waals surface area contributed by atoms with E-state index in [2.05, 4.69) is 22.5 Å². The summed E-state index contributed by atoms with van der Waals surface area (Å²) in [5.74, 6) is 1.48. The van der Waals surface area contributed by atoms with Gasteiger partial charge in [0.25, 0.3) is 0 Å². The van der Waals surface area contributed by atoms with Crippen LogP contribution in [0.4, 0.5) is 5.13 Å². The summed E-state index contributed by atoms with van der Waals surface area (Å²) in [5, 5.41) is 7.03. The third-order valence-corrected chi connectivity index (χ3v) is 5.62. The van der Waals surface area contributed by atoms with Crippen LogP contribution in [0.2, 0.25) is 0 Å². The van der Waals surface area contributed by atoms with Gasteiger partial charge < -0.3 is 15.4 Å². The Morgan fingerprint density at radius 1 is 1.31 bits per heavy atom. The number of aromatic nitrogens is 1. The lowest BCUT2D eigenvalue weighted by atomic mass is 9.97. The van der Waals surface area contributed by atoms with Gasteiger partial charge in [0, 0.05) is 17.5 Å². The first kappa shape index (κ1) is 18.9. The number of thiazole rings is 1. The molecule has 0 aliphatic carbocycles. The Hall–Kier alpha value is -1.92. The van der Waals surface area contributed by atoms with Crippen molar-refractivity contribution in [1.29, 1.82) is 0 Å². The summed E-state index contributed by atoms with van der Waals surface area (Å²) in [6.07, 6.45) is 6.38. The molecule has 1 amide bonds. The van der Waals surface area contributed by atoms with Crippen molar-refractivity contribution in [3.05, 3.63) is 40.9 Å². The topological polar surface area (TPSA) is 63.2 Å². The van der Waals surface area contributed by atoms with Crippen LogP contribution in [0.1, 0.15) is 49.0 Å². The van der Waals surface area contributed by atoms with Crippen molar-refractivity contribution in [1.82, 2.24) is 10.3 Å². The zero-order valence-corrected chi connectivity index (χ0v) is 16.1. The fraction of sp³-hybridized carbons (Fsp3) is 0.500. The molecule has 140 valence electrons. The minimum Gasteiger partial charge on any atom is -0.494 e. The molecule has 2 N–H and O–H groups in total. The molecule has 1 aromatic carbocycles. The Morgan fingerprint density at radius 2 is 2.08 bits per heavy atom. The highest BCUT2D eigenvalue weighted by Crippen LogP contribution is 2.31. The number of rotatable bonds is 8. The second-order valence-corrected chi connectivity index (χ2v) is 7.69. The van der Waals surface area contributed by atoms with Crippen LogP contribution in [0.3, 0.4) is 0 Å². The Bertz CT molecular complexity index is 693. The molecular formula is C20H27N3O2S. The molecule has 6 heteroatoms. The predicted molar refractivity (Wildman–Crippen MR) is 106 cm³/mol. The lowest BCUT2D eigenvalue weighted by molar-refractivity contribution is -0.116. The molecule has 0 unspecified atom stereocenters. The van der Waals surface area contributed by atoms with Crippen molar-refractivity contribution in [2.45, 2.75) is 44.9 Å². The van der Waals surface area contributed by atoms with Crippen LogP contribution in [-0.2, 0) is 11.2 Å². The zero-order valence-electron chi connectivity index (χ0n) is 15.3. The van der Waals surface area contributed by atoms with E-state index in [4.69, 9.17) is 4.74 Å². The number of aryl methyl sites for hydroxylation is 1. The Morgan fingerprint density at radius 3 is 2.81 bits per heavy atom. The summed E-state index contributed by atoms with van der Waals surface area (Å²) in [6, 6.07) is 7.98. The van der Waals surface area contributed by atoms with Crippen LogP contribution in [0.15, 0.2) is 30.5 Å². The molecular weight excluding hydrogens is 346 g/mol. The fourth-order valence-electron chi connectivity index (χ4n) is 3.05. The van der Waals surface area contributed by atoms with Crippen LogP contribution in [0.25, 0.3) is 0 Å². The van der Waals surface area contributed by atoms with E-state index >= 15 is 0 Å². The number of ether oxygens (including phenoxy) is 1. The first-order valence-electron chi connectivity index (χ1n) is 9.42. The summed E-state index contributed by atoms with van der Waals surface area (Å²) in [7, 11) is 0. The molecule has 26 heavy (non-hydrogen) atoms. The van der Waals surface area contributed by atoms with Crippen molar-refractivity contribution in [3.63, 3.8) is 0 Å². The van der Waals surface area contributed by atoms with Crippen molar-refractivity contribution in [2.75, 3.05) is 25.0 Å². The Kier molecular flexibility index (Phi) is 7.03. The molecule has 0 radical (unpaired) electrons. The summed E-state index contributed by atoms with van der Waals surface area (Å²) in [6.45, 7) is 4.94. The molecule has 1 aliphatic rings. The van der Waals surface area contributed by atoms with Gasteiger partial charge in [-0.05, 0) is 62.4 Å². The average Bonchev–Trinajstić information content (AvgIpc) is 3.14. The summed E-state index contributed by atoms with van der Waals surface area (Å²) in [5.41, 5.74) is 1.14. The van der Waals surface area contributed by atoms with Gasteiger partial charge in [-0.25, -0.2) is 4.98 Å². The number of benzene rings is 1. The van der Waals surface area contributed by atoms with E-state index in [1.165, 1.54) is 4.88 Å². The second-order valence-electron chi connectivity index (χ2n) is 6.63. The molecule has 1 fully saturated rings. The number of carbonyl (C=O) groups is 1. The minimum absolute atomic E-state index is 0.0162. The summed E-state index contributed by atoms with van der Waals surface area (Å²) in [4.78, 5) is 17.9. The molecule has 1 aromatic heterocycles. The standard InChI is InChI=1S/C20H27N3O2S/c1-2-13-25-17-6-3-15(4-7-17)5-8-19(24)23-20-22-14-18(26-20)16-9-11-21-12-10-16/h3-4,6-7,14,16,21H,2,5,8-13H2,1H3,(H,22,23,24). The lowest BCUT2D eigenvalue weighted by Gasteiger charge is -2.20. The quantitative estimate of drug-likeness (QED) is 0.735. The van der Waals surface area contributed by atoms with E-state index < -0.39 is 0 Å². The molecule has 1 aliphatic heterocycles. The Balaban J connectivity index is 1.44. The SMILES string of the molecule is CCCOc1ccc(CCC(=O)Nc2ncc(C3CCNCC3)s2)cc1. The van der Waals surface area contributed by atoms with Crippen molar-refractivity contribution >= 4 is 22.4 Å². The van der Waals surface area contributed by atoms with Gasteiger partial charge in [-0.15, -0.1) is 11.3 Å². The number of nitrogens with zero attached hydrogens (tertiary/aromatic N) is 1. The fourth-order valence-corrected chi connectivity index (χ4v) is 4.05. The number of amides is 1. The number of hydrogen-bond acceptors (Lipinski definition) is 5. The smallest absolute Gasteiger partial charge is 0.226 e. The van der Waals surface area contributed by atoms with Gasteiger partial charge in [-0.1, -0.05) is 19.1 Å². The number of hydrogen-bond donors (Lipinski definition) is 2. The van der Waals surface area contributed by atoms with Crippen LogP contribution < -0.4 is 15.4 Å². The summed E-state index contributed by atoms with van der Waals surface area (Å²) < 4.78 is 5.58. The largest absolute Gasteiger partial charge is 0.494 e. The number of anilines is 1. The highest BCUT2D eigenvalue weighted by Gasteiger charge is 2.18. The number of piperidine rings is 1. The van der Waals surface area contributed by atoms with Gasteiger partial charge in [0.05, 0.1) is 6.61 Å². The third kappa shape index (κ3) is 5.54. The van der Waals surface area contributed by atoms with Gasteiger partial charge >= 0.3 is 0 Å². The maximum atomic E-state index is 12.2. The monoisotopic (exact) mass is 373 g/mol. The van der Waals surface area contributed by atoms with Gasteiger partial charge in [-0.3, -0.25) is 4.79 Å². The first-order chi connectivity index (χ1) is 12.7. The third-order valence-electron chi connectivity index (χ3n) is 4.55. The molecule has 5 nitrogen and oxygen atoms in total. The minimum atomic E-state index is 0.0162. The van der Waals surface area contributed by atoms with Crippen LogP contribution in [0, 0.1) is 0 Å². The van der Waals surface area contributed by atoms with E-state index in [1.807, 2.05) is 30.5 Å². The van der Waals surface area contributed by atoms with Crippen molar-refractivity contribution in [3.8, 4) is 5.75 Å². The highest BCUT2D eigenvalue weighted by atomic mass is 32.1. The van der Waals surface area contributed by atoms with Crippen LogP contribution >= 0.6 is 11.3 Å². The molecule has 2 aromatic rings. The van der Waals surface area contributed by atoms with Crippen LogP contribution in [-0.4, -0.2) is 30.6 Å². The van der Waals surface area contributed by atoms with E-state index in [-0.39, 0.29) is 5.91 Å². The molecule has 0 saturated carbocycles. The molecule has 3 rings (SSSR count). The number of nitrogens with one attached hydrogen (secondary N) is 2. The predicted octanol–water partition coefficient (Wildman–Crippen LogP) is 3.97. The molecule has 2 heterocycles. The zero-order chi connectivity index (χ0) is 18.2. The first-order valence-corrected chi connectivity index (χ1v) is 10.2. The molecule has 0 bridgehead atoms. The maximum absolute atomic E-state index is 12.2. The second kappa shape index (κ2) is 9.69. The molecule has 0 spiro atoms. The van der Waals surface area contributed by atoms with Gasteiger partial charge in [0.2, 0.25) is 5.91 Å². The Labute approximate surface area is 159 Å². The molecule has 1 saturated heterocycles. The van der Waals surface area contributed by atoms with Gasteiger partial charge in [0.1, 0.15) is 5.75 Å². The maximum Gasteiger partial charge on any atom is 0.226 e. The number of carbonyl (C=O) groups excluding carboxylic acids is 1.